The standard InChI is InChI=1S/C41H65N5O7S/c1-8-23-42-35(49)32(47)29(24-27-17-16-18-27)43-34(48)31-30-28(39(30,5)6)25-46(31)36(50)33(40(7)19-12-10-13-20-40)44-37(51)45-41(21-14-11-15-22-41)26-54(52,53)38(3,4)9-2/h1,27-31,33H,9-26H2,2-7H3,(H,42,49)(H,43,48)(H2,44,45,51)/t28-,29?,30-,31-,33+/m0/s1. The summed E-state index contributed by atoms with van der Waals surface area (Å²) in [6.45, 7) is 11.7. The molecule has 0 aromatic carbocycles. The normalized spacial score (nSPS) is 26.8. The lowest BCUT2D eigenvalue weighted by molar-refractivity contribution is -0.146. The summed E-state index contributed by atoms with van der Waals surface area (Å²) in [5, 5.41) is 11.5. The Morgan fingerprint density at radius 1 is 0.907 bits per heavy atom. The molecular formula is C41H65N5O7S. The molecule has 4 saturated carbocycles. The minimum absolute atomic E-state index is 0.0585. The molecule has 0 aromatic rings. The summed E-state index contributed by atoms with van der Waals surface area (Å²) in [4.78, 5) is 71.3. The van der Waals surface area contributed by atoms with Crippen LogP contribution >= 0.6 is 0 Å². The Hall–Kier alpha value is -3.14. The van der Waals surface area contributed by atoms with Crippen LogP contribution in [0.4, 0.5) is 4.79 Å². The maximum atomic E-state index is 15.0. The van der Waals surface area contributed by atoms with Gasteiger partial charge in [-0.25, -0.2) is 13.2 Å². The van der Waals surface area contributed by atoms with Crippen LogP contribution in [0, 0.1) is 40.9 Å². The van der Waals surface area contributed by atoms with Crippen LogP contribution in [-0.2, 0) is 29.0 Å². The third-order valence-electron chi connectivity index (χ3n) is 14.3. The number of hydrogen-bond donors (Lipinski definition) is 4. The number of ketones is 1. The first-order valence-electron chi connectivity index (χ1n) is 20.5. The van der Waals surface area contributed by atoms with E-state index in [9.17, 15) is 32.4 Å². The molecule has 5 rings (SSSR count). The second-order valence-electron chi connectivity index (χ2n) is 18.7. The zero-order valence-electron chi connectivity index (χ0n) is 33.5. The number of nitrogens with one attached hydrogen (secondary N) is 4. The van der Waals surface area contributed by atoms with Crippen molar-refractivity contribution in [3.63, 3.8) is 0 Å². The SMILES string of the molecule is C#CCNC(=O)C(=O)C(CC1CCC1)NC(=O)[C@@H]1[C@@H]2[C@H](CN1C(=O)[C@@H](NC(=O)NC1(CS(=O)(=O)C(C)(C)CC)CCCCC1)C1(C)CCCCC1)C2(C)C. The minimum atomic E-state index is -3.59. The summed E-state index contributed by atoms with van der Waals surface area (Å²) >= 11 is 0. The van der Waals surface area contributed by atoms with Crippen molar-refractivity contribution in [2.75, 3.05) is 18.8 Å². The molecule has 1 aliphatic heterocycles. The van der Waals surface area contributed by atoms with Crippen molar-refractivity contribution >= 4 is 39.4 Å². The molecule has 5 atom stereocenters. The molecule has 13 heteroatoms. The number of nitrogens with zero attached hydrogens (tertiary/aromatic N) is 1. The predicted molar refractivity (Wildman–Crippen MR) is 208 cm³/mol. The molecule has 5 fully saturated rings. The maximum absolute atomic E-state index is 15.0. The monoisotopic (exact) mass is 771 g/mol. The van der Waals surface area contributed by atoms with E-state index in [1.54, 1.807) is 18.7 Å². The first kappa shape index (κ1) is 42.0. The third-order valence-corrected chi connectivity index (χ3v) is 17.2. The van der Waals surface area contributed by atoms with E-state index in [1.807, 2.05) is 13.8 Å². The number of carbonyl (C=O) groups excluding carboxylic acids is 5. The number of likely N-dealkylation sites (tertiary alicyclic amines) is 1. The quantitative estimate of drug-likeness (QED) is 0.141. The van der Waals surface area contributed by atoms with Crippen molar-refractivity contribution < 1.29 is 32.4 Å². The van der Waals surface area contributed by atoms with E-state index < -0.39 is 67.3 Å². The van der Waals surface area contributed by atoms with Crippen LogP contribution in [0.3, 0.4) is 0 Å². The Bertz CT molecular complexity index is 1600. The van der Waals surface area contributed by atoms with E-state index in [-0.39, 0.29) is 41.4 Å². The lowest BCUT2D eigenvalue weighted by Crippen LogP contribution is -2.65. The van der Waals surface area contributed by atoms with Gasteiger partial charge in [0.05, 0.1) is 28.6 Å². The van der Waals surface area contributed by atoms with E-state index in [1.165, 1.54) is 0 Å². The van der Waals surface area contributed by atoms with Crippen molar-refractivity contribution in [1.82, 2.24) is 26.2 Å². The summed E-state index contributed by atoms with van der Waals surface area (Å²) in [5.41, 5.74) is -1.76. The van der Waals surface area contributed by atoms with Crippen LogP contribution in [0.2, 0.25) is 0 Å². The summed E-state index contributed by atoms with van der Waals surface area (Å²) in [5.74, 6) is -0.157. The van der Waals surface area contributed by atoms with Crippen LogP contribution in [-0.4, -0.2) is 90.1 Å². The molecule has 1 saturated heterocycles. The molecule has 5 amide bonds. The fraction of sp³-hybridized carbons (Fsp3) is 0.829. The van der Waals surface area contributed by atoms with E-state index >= 15 is 0 Å². The molecule has 12 nitrogen and oxygen atoms in total. The number of rotatable bonds is 15. The molecule has 0 spiro atoms. The second-order valence-corrected chi connectivity index (χ2v) is 21.3. The number of Topliss-reactive ketones (excluding diaryl/α,β-unsaturated/α-hetero) is 1. The zero-order valence-corrected chi connectivity index (χ0v) is 34.3. The predicted octanol–water partition coefficient (Wildman–Crippen LogP) is 4.41. The van der Waals surface area contributed by atoms with Gasteiger partial charge < -0.3 is 26.2 Å². The molecule has 4 aliphatic carbocycles. The summed E-state index contributed by atoms with van der Waals surface area (Å²) < 4.78 is 26.4. The topological polar surface area (TPSA) is 171 Å². The molecule has 4 N–H and O–H groups in total. The van der Waals surface area contributed by atoms with Crippen LogP contribution in [0.25, 0.3) is 0 Å². The molecule has 0 bridgehead atoms. The van der Waals surface area contributed by atoms with Gasteiger partial charge in [-0.15, -0.1) is 6.42 Å². The molecule has 1 unspecified atom stereocenters. The zero-order chi connectivity index (χ0) is 39.7. The third kappa shape index (κ3) is 8.63. The van der Waals surface area contributed by atoms with E-state index in [0.717, 1.165) is 57.8 Å². The van der Waals surface area contributed by atoms with E-state index in [4.69, 9.17) is 6.42 Å². The molecule has 5 aliphatic rings. The van der Waals surface area contributed by atoms with Gasteiger partial charge in [-0.3, -0.25) is 19.2 Å². The molecule has 54 heavy (non-hydrogen) atoms. The molecule has 1 heterocycles. The number of hydrogen-bond acceptors (Lipinski definition) is 7. The largest absolute Gasteiger partial charge is 0.344 e. The highest BCUT2D eigenvalue weighted by atomic mass is 32.2. The molecule has 0 aromatic heterocycles. The number of amides is 5. The van der Waals surface area contributed by atoms with Crippen molar-refractivity contribution in [3.8, 4) is 12.3 Å². The van der Waals surface area contributed by atoms with Gasteiger partial charge in [0.15, 0.2) is 9.84 Å². The smallest absolute Gasteiger partial charge is 0.315 e. The lowest BCUT2D eigenvalue weighted by atomic mass is 9.70. The van der Waals surface area contributed by atoms with Gasteiger partial charge in [-0.05, 0) is 81.0 Å². The van der Waals surface area contributed by atoms with Crippen LogP contribution in [0.15, 0.2) is 0 Å². The fourth-order valence-electron chi connectivity index (χ4n) is 9.81. The summed E-state index contributed by atoms with van der Waals surface area (Å²) in [7, 11) is -3.59. The minimum Gasteiger partial charge on any atom is -0.344 e. The van der Waals surface area contributed by atoms with Crippen molar-refractivity contribution in [2.45, 2.75) is 166 Å². The van der Waals surface area contributed by atoms with E-state index in [2.05, 4.69) is 41.0 Å². The average molecular weight is 772 g/mol. The number of fused-ring (bicyclic) bond motifs is 1. The Kier molecular flexibility index (Phi) is 12.6. The Labute approximate surface area is 323 Å². The molecular weight excluding hydrogens is 707 g/mol. The highest BCUT2D eigenvalue weighted by Gasteiger charge is 2.70. The second kappa shape index (κ2) is 16.1. The van der Waals surface area contributed by atoms with Crippen molar-refractivity contribution in [1.29, 1.82) is 0 Å². The van der Waals surface area contributed by atoms with Gasteiger partial charge in [0, 0.05) is 6.54 Å². The first-order valence-corrected chi connectivity index (χ1v) is 22.1. The number of urea groups is 1. The van der Waals surface area contributed by atoms with Gasteiger partial charge in [0.25, 0.3) is 5.91 Å². The van der Waals surface area contributed by atoms with Gasteiger partial charge in [-0.1, -0.05) is 91.4 Å². The van der Waals surface area contributed by atoms with Gasteiger partial charge in [-0.2, -0.15) is 0 Å². The average Bonchev–Trinajstić information content (AvgIpc) is 3.40. The van der Waals surface area contributed by atoms with E-state index in [0.29, 0.717) is 45.1 Å². The summed E-state index contributed by atoms with van der Waals surface area (Å²) in [6, 6.07) is -3.45. The van der Waals surface area contributed by atoms with Crippen LogP contribution in [0.1, 0.15) is 138 Å². The Balaban J connectivity index is 1.40. The number of terminal acetylenes is 1. The summed E-state index contributed by atoms with van der Waals surface area (Å²) in [6.07, 6.45) is 16.8. The Morgan fingerprint density at radius 2 is 1.52 bits per heavy atom. The van der Waals surface area contributed by atoms with Crippen LogP contribution in [0.5, 0.6) is 0 Å². The number of sulfone groups is 1. The van der Waals surface area contributed by atoms with Gasteiger partial charge >= 0.3 is 6.03 Å². The first-order chi connectivity index (χ1) is 25.3. The number of piperidine rings is 1. The maximum Gasteiger partial charge on any atom is 0.315 e. The fourth-order valence-corrected chi connectivity index (χ4v) is 11.7. The van der Waals surface area contributed by atoms with Crippen LogP contribution < -0.4 is 21.3 Å². The Morgan fingerprint density at radius 3 is 2.07 bits per heavy atom. The van der Waals surface area contributed by atoms with Crippen molar-refractivity contribution in [3.05, 3.63) is 0 Å². The highest BCUT2D eigenvalue weighted by molar-refractivity contribution is 7.92. The van der Waals surface area contributed by atoms with Crippen molar-refractivity contribution in [2.24, 2.45) is 28.6 Å². The molecule has 0 radical (unpaired) electrons. The highest BCUT2D eigenvalue weighted by Crippen LogP contribution is 2.65. The van der Waals surface area contributed by atoms with Gasteiger partial charge in [0.1, 0.15) is 12.1 Å². The lowest BCUT2D eigenvalue weighted by Gasteiger charge is -2.44. The van der Waals surface area contributed by atoms with Gasteiger partial charge in [0.2, 0.25) is 17.6 Å². The number of carbonyl (C=O) groups is 5. The molecule has 302 valence electrons.